The molecule has 9 heavy (non-hydrogen) atoms. The highest BCUT2D eigenvalue weighted by Gasteiger charge is 2.28. The van der Waals surface area contributed by atoms with Crippen LogP contribution in [0.2, 0.25) is 18.1 Å². The van der Waals surface area contributed by atoms with Crippen LogP contribution in [0.15, 0.2) is 0 Å². The summed E-state index contributed by atoms with van der Waals surface area (Å²) in [5.41, 5.74) is 0. The maximum atomic E-state index is 6.24. The Bertz CT molecular complexity index is 85.5. The number of hydrogen-bond acceptors (Lipinski definition) is 0. The number of halogens is 1. The fraction of sp³-hybridized carbons (Fsp3) is 1.00. The van der Waals surface area contributed by atoms with Gasteiger partial charge in [0.15, 0.2) is 7.62 Å². The van der Waals surface area contributed by atoms with E-state index < -0.39 is 7.62 Å². The van der Waals surface area contributed by atoms with E-state index in [9.17, 15) is 0 Å². The summed E-state index contributed by atoms with van der Waals surface area (Å²) in [6.45, 7) is 11.3. The van der Waals surface area contributed by atoms with Gasteiger partial charge in [0, 0.05) is 0 Å². The third-order valence-electron chi connectivity index (χ3n) is 1.10. The van der Waals surface area contributed by atoms with Gasteiger partial charge in [-0.25, -0.2) is 0 Å². The van der Waals surface area contributed by atoms with Crippen LogP contribution in [0, 0.1) is 0 Å². The minimum absolute atomic E-state index is 0.202. The Labute approximate surface area is 66.3 Å². The second-order valence-corrected chi connectivity index (χ2v) is 14.3. The molecule has 0 aliphatic carbocycles. The topological polar surface area (TPSA) is 0 Å². The summed E-state index contributed by atoms with van der Waals surface area (Å²) in [4.78, 5) is 0. The first-order chi connectivity index (χ1) is 3.85. The summed E-state index contributed by atoms with van der Waals surface area (Å²) in [6, 6.07) is 0. The van der Waals surface area contributed by atoms with Crippen molar-refractivity contribution in [1.29, 1.82) is 0 Å². The van der Waals surface area contributed by atoms with Crippen LogP contribution < -0.4 is 0 Å². The maximum Gasteiger partial charge on any atom is 0.156 e. The summed E-state index contributed by atoms with van der Waals surface area (Å²) in [7, 11) is -0.751. The van der Waals surface area contributed by atoms with Gasteiger partial charge in [-0.2, -0.15) is 11.1 Å². The molecule has 0 aromatic rings. The van der Waals surface area contributed by atoms with Gasteiger partial charge in [0.1, 0.15) is 0 Å². The van der Waals surface area contributed by atoms with Gasteiger partial charge in [0.2, 0.25) is 0 Å². The summed E-state index contributed by atoms with van der Waals surface area (Å²) < 4.78 is 0. The number of rotatable bonds is 1. The molecule has 0 heterocycles. The van der Waals surface area contributed by atoms with E-state index in [2.05, 4.69) is 33.9 Å². The maximum absolute atomic E-state index is 6.24. The molecule has 0 aliphatic heterocycles. The van der Waals surface area contributed by atoms with Gasteiger partial charge in [0.05, 0.1) is 8.31 Å². The average molecular weight is 179 g/mol. The number of hydrogen-bond donors (Lipinski definition) is 0. The monoisotopic (exact) mass is 178 g/mol. The van der Waals surface area contributed by atoms with Crippen molar-refractivity contribution in [2.45, 2.75) is 38.9 Å². The first kappa shape index (κ1) is 9.72. The molecule has 2 radical (unpaired) electrons. The Morgan fingerprint density at radius 1 is 1.11 bits per heavy atom. The molecule has 0 rings (SSSR count). The molecule has 0 N–H and O–H groups in total. The Hall–Kier alpha value is 0.724. The van der Waals surface area contributed by atoms with E-state index in [1.165, 1.54) is 0 Å². The van der Waals surface area contributed by atoms with Crippen LogP contribution in [-0.4, -0.2) is 15.9 Å². The van der Waals surface area contributed by atoms with Crippen LogP contribution in [-0.2, 0) is 0 Å². The van der Waals surface area contributed by atoms with E-state index in [-0.39, 0.29) is 8.31 Å². The highest BCUT2D eigenvalue weighted by atomic mass is 35.6. The normalized spacial score (nSPS) is 13.3. The fourth-order valence-electron chi connectivity index (χ4n) is 0.750. The zero-order chi connectivity index (χ0) is 7.65. The van der Waals surface area contributed by atoms with Gasteiger partial charge in [0.25, 0.3) is 0 Å². The first-order valence-corrected chi connectivity index (χ1v) is 9.20. The quantitative estimate of drug-likeness (QED) is 0.428. The molecule has 0 unspecified atom stereocenters. The third kappa shape index (κ3) is 3.43. The molecule has 0 bridgehead atoms. The van der Waals surface area contributed by atoms with Crippen molar-refractivity contribution in [3.8, 4) is 0 Å². The standard InChI is InChI=1S/C6H15ClSi2/c1-6(2,3)9(7)8(4)5/h1-5H3. The molecular weight excluding hydrogens is 164 g/mol. The second-order valence-electron chi connectivity index (χ2n) is 3.56. The molecule has 0 saturated heterocycles. The van der Waals surface area contributed by atoms with E-state index >= 15 is 0 Å². The molecule has 54 valence electrons. The van der Waals surface area contributed by atoms with Crippen molar-refractivity contribution in [2.24, 2.45) is 0 Å². The average Bonchev–Trinajstić information content (AvgIpc) is 1.62. The van der Waals surface area contributed by atoms with Crippen LogP contribution in [0.25, 0.3) is 0 Å². The van der Waals surface area contributed by atoms with Gasteiger partial charge in [-0.1, -0.05) is 33.9 Å². The summed E-state index contributed by atoms with van der Waals surface area (Å²) in [5, 5.41) is 0.393. The largest absolute Gasteiger partial charge is 0.173 e. The summed E-state index contributed by atoms with van der Waals surface area (Å²) in [6.07, 6.45) is 0. The zero-order valence-electron chi connectivity index (χ0n) is 6.88. The lowest BCUT2D eigenvalue weighted by Crippen LogP contribution is -2.33. The first-order valence-electron chi connectivity index (χ1n) is 3.19. The summed E-state index contributed by atoms with van der Waals surface area (Å²) in [5.74, 6) is 0. The van der Waals surface area contributed by atoms with Gasteiger partial charge in [-0.05, 0) is 5.04 Å². The van der Waals surface area contributed by atoms with E-state index in [1.54, 1.807) is 0 Å². The smallest absolute Gasteiger partial charge is 0.156 e. The van der Waals surface area contributed by atoms with Crippen LogP contribution in [0.3, 0.4) is 0 Å². The minimum Gasteiger partial charge on any atom is -0.173 e. The Kier molecular flexibility index (Phi) is 3.47. The minimum atomic E-state index is -0.548. The summed E-state index contributed by atoms with van der Waals surface area (Å²) >= 11 is 6.24. The zero-order valence-corrected chi connectivity index (χ0v) is 9.63. The Morgan fingerprint density at radius 2 is 1.44 bits per heavy atom. The predicted molar refractivity (Wildman–Crippen MR) is 48.8 cm³/mol. The molecule has 0 aliphatic rings. The Morgan fingerprint density at radius 3 is 1.44 bits per heavy atom. The second kappa shape index (κ2) is 3.21. The van der Waals surface area contributed by atoms with E-state index in [1.807, 2.05) is 0 Å². The van der Waals surface area contributed by atoms with Crippen LogP contribution in [0.1, 0.15) is 20.8 Å². The van der Waals surface area contributed by atoms with Gasteiger partial charge in [-0.3, -0.25) is 0 Å². The highest BCUT2D eigenvalue weighted by Crippen LogP contribution is 2.30. The van der Waals surface area contributed by atoms with Crippen molar-refractivity contribution < 1.29 is 0 Å². The van der Waals surface area contributed by atoms with E-state index in [0.717, 1.165) is 0 Å². The molecular formula is C6H15ClSi2. The predicted octanol–water partition coefficient (Wildman–Crippen LogP) is 2.85. The molecule has 0 amide bonds. The molecule has 0 atom stereocenters. The molecule has 0 spiro atoms. The molecule has 0 fully saturated rings. The van der Waals surface area contributed by atoms with Gasteiger partial charge in [-0.15, -0.1) is 0 Å². The van der Waals surface area contributed by atoms with Crippen molar-refractivity contribution in [3.05, 3.63) is 0 Å². The van der Waals surface area contributed by atoms with E-state index in [4.69, 9.17) is 11.1 Å². The van der Waals surface area contributed by atoms with Crippen molar-refractivity contribution >= 4 is 27.0 Å². The van der Waals surface area contributed by atoms with Gasteiger partial charge >= 0.3 is 0 Å². The van der Waals surface area contributed by atoms with Crippen LogP contribution in [0.5, 0.6) is 0 Å². The highest BCUT2D eigenvalue weighted by molar-refractivity contribution is 7.43. The van der Waals surface area contributed by atoms with Crippen LogP contribution >= 0.6 is 11.1 Å². The molecule has 0 aromatic heterocycles. The molecule has 3 heteroatoms. The lowest BCUT2D eigenvalue weighted by atomic mass is 10.3. The van der Waals surface area contributed by atoms with Crippen molar-refractivity contribution in [1.82, 2.24) is 0 Å². The van der Waals surface area contributed by atoms with Gasteiger partial charge < -0.3 is 0 Å². The fourth-order valence-corrected chi connectivity index (χ4v) is 6.75. The van der Waals surface area contributed by atoms with Crippen LogP contribution in [0.4, 0.5) is 0 Å². The SMILES string of the molecule is C[Si](C)[Si](Cl)C(C)(C)C. The lowest BCUT2D eigenvalue weighted by molar-refractivity contribution is 0.757. The van der Waals surface area contributed by atoms with Crippen molar-refractivity contribution in [3.63, 3.8) is 0 Å². The molecule has 0 aromatic carbocycles. The molecule has 0 saturated carbocycles. The van der Waals surface area contributed by atoms with Crippen molar-refractivity contribution in [2.75, 3.05) is 0 Å². The van der Waals surface area contributed by atoms with E-state index in [0.29, 0.717) is 5.04 Å². The lowest BCUT2D eigenvalue weighted by Gasteiger charge is -2.24. The Balaban J connectivity index is 3.88. The third-order valence-corrected chi connectivity index (χ3v) is 13.3. The molecule has 0 nitrogen and oxygen atoms in total.